The van der Waals surface area contributed by atoms with Gasteiger partial charge in [-0.05, 0) is 135 Å². The fourth-order valence-electron chi connectivity index (χ4n) is 12.3. The summed E-state index contributed by atoms with van der Waals surface area (Å²) < 4.78 is 6.81. The summed E-state index contributed by atoms with van der Waals surface area (Å²) in [6.45, 7) is 14.0. The van der Waals surface area contributed by atoms with Crippen LogP contribution in [0.2, 0.25) is 0 Å². The van der Waals surface area contributed by atoms with Gasteiger partial charge in [0.2, 0.25) is 0 Å². The Morgan fingerprint density at radius 2 is 0.738 bits per heavy atom. The fraction of sp³-hybridized carbons (Fsp3) is 0.156. The molecule has 1 heterocycles. The van der Waals surface area contributed by atoms with Crippen molar-refractivity contribution in [2.75, 3.05) is 0 Å². The molecule has 0 unspecified atom stereocenters. The first-order valence-electron chi connectivity index (χ1n) is 23.2. The monoisotopic (exact) mass is 834 g/mol. The van der Waals surface area contributed by atoms with Crippen molar-refractivity contribution >= 4 is 0 Å². The van der Waals surface area contributed by atoms with E-state index in [1.807, 2.05) is 0 Å². The second kappa shape index (κ2) is 13.2. The van der Waals surface area contributed by atoms with Crippen LogP contribution in [0, 0.1) is 0 Å². The average molecular weight is 835 g/mol. The molecule has 1 nitrogen and oxygen atoms in total. The zero-order chi connectivity index (χ0) is 44.0. The van der Waals surface area contributed by atoms with E-state index in [4.69, 9.17) is 4.74 Å². The molecule has 312 valence electrons. The highest BCUT2D eigenvalue weighted by atomic mass is 16.5. The first-order chi connectivity index (χ1) is 31.5. The molecule has 0 saturated heterocycles. The van der Waals surface area contributed by atoms with Crippen LogP contribution in [0.5, 0.6) is 11.5 Å². The Kier molecular flexibility index (Phi) is 7.76. The van der Waals surface area contributed by atoms with Crippen molar-refractivity contribution in [2.45, 2.75) is 63.2 Å². The quantitative estimate of drug-likeness (QED) is 0.169. The molecule has 0 N–H and O–H groups in total. The van der Waals surface area contributed by atoms with E-state index in [1.54, 1.807) is 0 Å². The molecule has 0 bridgehead atoms. The third-order valence-electron chi connectivity index (χ3n) is 15.3. The Balaban J connectivity index is 1.02. The second-order valence-electron chi connectivity index (χ2n) is 20.8. The smallest absolute Gasteiger partial charge is 0.132 e. The van der Waals surface area contributed by atoms with Crippen molar-refractivity contribution in [2.24, 2.45) is 0 Å². The predicted molar refractivity (Wildman–Crippen MR) is 268 cm³/mol. The molecule has 0 radical (unpaired) electrons. The fourth-order valence-corrected chi connectivity index (χ4v) is 12.3. The lowest BCUT2D eigenvalue weighted by Crippen LogP contribution is -2.32. The average Bonchev–Trinajstić information content (AvgIpc) is 3.91. The molecule has 0 fully saturated rings. The van der Waals surface area contributed by atoms with E-state index in [1.165, 1.54) is 111 Å². The summed E-state index contributed by atoms with van der Waals surface area (Å²) in [6.07, 6.45) is 0. The Bertz CT molecular complexity index is 3380. The van der Waals surface area contributed by atoms with E-state index in [-0.39, 0.29) is 10.8 Å². The summed E-state index contributed by atoms with van der Waals surface area (Å²) in [4.78, 5) is 0. The zero-order valence-corrected chi connectivity index (χ0v) is 37.9. The van der Waals surface area contributed by atoms with Crippen LogP contribution in [-0.2, 0) is 21.7 Å². The topological polar surface area (TPSA) is 9.23 Å². The van der Waals surface area contributed by atoms with Crippen molar-refractivity contribution in [1.82, 2.24) is 0 Å². The lowest BCUT2D eigenvalue weighted by molar-refractivity contribution is 0.436. The van der Waals surface area contributed by atoms with Crippen LogP contribution in [0.4, 0.5) is 0 Å². The van der Waals surface area contributed by atoms with E-state index in [0.717, 1.165) is 11.5 Å². The molecule has 65 heavy (non-hydrogen) atoms. The van der Waals surface area contributed by atoms with Gasteiger partial charge in [0.05, 0.1) is 10.8 Å². The lowest BCUT2D eigenvalue weighted by atomic mass is 9.66. The van der Waals surface area contributed by atoms with Gasteiger partial charge in [-0.15, -0.1) is 0 Å². The maximum atomic E-state index is 6.81. The van der Waals surface area contributed by atoms with Crippen LogP contribution in [0.1, 0.15) is 97.2 Å². The number of ether oxygens (including phenoxy) is 1. The SMILES string of the molecule is CC(C)(C)c1ccc2c(c1)C1(c3cc(C(C)(C)C)ccc3-2)c2ccccc2-c2c(-c3cccc(-c4ccc5c(c4)C4(c6ccccc6O5)c5ccccc5-c5ccccc54)c3)cccc21. The van der Waals surface area contributed by atoms with Gasteiger partial charge in [0.15, 0.2) is 0 Å². The molecule has 9 aromatic carbocycles. The Labute approximate surface area is 383 Å². The number of rotatable bonds is 2. The van der Waals surface area contributed by atoms with Gasteiger partial charge in [0.25, 0.3) is 0 Å². The molecular formula is C64H50O. The minimum atomic E-state index is -0.517. The summed E-state index contributed by atoms with van der Waals surface area (Å²) in [6, 6.07) is 73.6. The van der Waals surface area contributed by atoms with E-state index < -0.39 is 10.8 Å². The summed E-state index contributed by atoms with van der Waals surface area (Å²) in [5.74, 6) is 1.81. The molecule has 4 aliphatic rings. The van der Waals surface area contributed by atoms with E-state index in [0.29, 0.717) is 0 Å². The van der Waals surface area contributed by atoms with Crippen molar-refractivity contribution in [1.29, 1.82) is 0 Å². The second-order valence-corrected chi connectivity index (χ2v) is 20.8. The minimum Gasteiger partial charge on any atom is -0.457 e. The highest BCUT2D eigenvalue weighted by Crippen LogP contribution is 2.66. The van der Waals surface area contributed by atoms with E-state index in [2.05, 4.69) is 236 Å². The molecule has 3 aliphatic carbocycles. The molecule has 13 rings (SSSR count). The summed E-state index contributed by atoms with van der Waals surface area (Å²) in [5.41, 5.74) is 24.9. The first-order valence-corrected chi connectivity index (χ1v) is 23.2. The minimum absolute atomic E-state index is 0.00117. The number of benzene rings is 9. The van der Waals surface area contributed by atoms with Gasteiger partial charge < -0.3 is 4.74 Å². The van der Waals surface area contributed by atoms with Gasteiger partial charge in [-0.25, -0.2) is 0 Å². The Hall–Kier alpha value is -7.22. The van der Waals surface area contributed by atoms with Gasteiger partial charge in [0, 0.05) is 11.1 Å². The summed E-state index contributed by atoms with van der Waals surface area (Å²) in [5, 5.41) is 0. The summed E-state index contributed by atoms with van der Waals surface area (Å²) in [7, 11) is 0. The normalized spacial score (nSPS) is 15.0. The van der Waals surface area contributed by atoms with Crippen molar-refractivity contribution in [3.05, 3.63) is 250 Å². The molecule has 1 aliphatic heterocycles. The molecule has 2 spiro atoms. The van der Waals surface area contributed by atoms with Crippen molar-refractivity contribution in [3.8, 4) is 67.1 Å². The molecule has 0 atom stereocenters. The first kappa shape index (κ1) is 38.3. The lowest BCUT2D eigenvalue weighted by Gasteiger charge is -2.39. The van der Waals surface area contributed by atoms with Gasteiger partial charge in [-0.2, -0.15) is 0 Å². The maximum absolute atomic E-state index is 6.81. The van der Waals surface area contributed by atoms with Crippen LogP contribution in [0.15, 0.2) is 194 Å². The van der Waals surface area contributed by atoms with Gasteiger partial charge >= 0.3 is 0 Å². The molecular weight excluding hydrogens is 785 g/mol. The largest absolute Gasteiger partial charge is 0.457 e. The molecule has 0 saturated carbocycles. The standard InChI is InChI=1S/C64H50O/c1-61(2,3)42-30-32-47-48-33-31-43(62(4,5)6)38-56(48)64(55(47)37-42)52-25-12-9-21-49(52)60-44(22-16-27-54(60)64)41-18-15-17-39(35-41)40-29-34-59-57(36-40)63(53-26-13-14-28-58(53)65-59)50-23-10-7-19-45(50)46-20-8-11-24-51(46)63/h7-38H,1-6H3. The number of fused-ring (bicyclic) bond motifs is 19. The highest BCUT2D eigenvalue weighted by Gasteiger charge is 2.54. The van der Waals surface area contributed by atoms with Crippen LogP contribution >= 0.6 is 0 Å². The maximum Gasteiger partial charge on any atom is 0.132 e. The van der Waals surface area contributed by atoms with Crippen molar-refractivity contribution in [3.63, 3.8) is 0 Å². The predicted octanol–water partition coefficient (Wildman–Crippen LogP) is 16.4. The highest BCUT2D eigenvalue weighted by molar-refractivity contribution is 6.00. The van der Waals surface area contributed by atoms with Gasteiger partial charge in [-0.3, -0.25) is 0 Å². The zero-order valence-electron chi connectivity index (χ0n) is 37.9. The molecule has 0 amide bonds. The van der Waals surface area contributed by atoms with Crippen LogP contribution in [0.25, 0.3) is 55.6 Å². The summed E-state index contributed by atoms with van der Waals surface area (Å²) >= 11 is 0. The number of hydrogen-bond acceptors (Lipinski definition) is 1. The van der Waals surface area contributed by atoms with Crippen LogP contribution in [-0.4, -0.2) is 0 Å². The third-order valence-corrected chi connectivity index (χ3v) is 15.3. The van der Waals surface area contributed by atoms with Gasteiger partial charge in [-0.1, -0.05) is 211 Å². The van der Waals surface area contributed by atoms with Crippen LogP contribution < -0.4 is 4.74 Å². The Morgan fingerprint density at radius 1 is 0.292 bits per heavy atom. The van der Waals surface area contributed by atoms with E-state index in [9.17, 15) is 0 Å². The molecule has 1 heteroatoms. The van der Waals surface area contributed by atoms with Crippen molar-refractivity contribution < 1.29 is 4.74 Å². The van der Waals surface area contributed by atoms with Gasteiger partial charge in [0.1, 0.15) is 11.5 Å². The van der Waals surface area contributed by atoms with E-state index >= 15 is 0 Å². The molecule has 0 aromatic heterocycles. The number of hydrogen-bond donors (Lipinski definition) is 0. The molecule has 9 aromatic rings. The number of para-hydroxylation sites is 1. The Morgan fingerprint density at radius 3 is 1.37 bits per heavy atom. The third kappa shape index (κ3) is 5.04. The van der Waals surface area contributed by atoms with Crippen LogP contribution in [0.3, 0.4) is 0 Å².